The molecule has 2 nitrogen and oxygen atoms in total. The molecule has 1 aliphatic rings. The largest absolute Gasteiger partial charge is 0.312 e. The number of hydrogen-bond donors (Lipinski definition) is 1. The molecule has 0 aromatic heterocycles. The number of benzene rings is 1. The van der Waals surface area contributed by atoms with Crippen molar-refractivity contribution in [2.75, 3.05) is 6.54 Å². The van der Waals surface area contributed by atoms with Gasteiger partial charge < -0.3 is 5.32 Å². The minimum Gasteiger partial charge on any atom is -0.312 e. The van der Waals surface area contributed by atoms with Gasteiger partial charge >= 0.3 is 0 Å². The Labute approximate surface area is 111 Å². The Morgan fingerprint density at radius 1 is 1.22 bits per heavy atom. The monoisotopic (exact) mass is 247 g/mol. The van der Waals surface area contributed by atoms with Gasteiger partial charge in [-0.25, -0.2) is 0 Å². The van der Waals surface area contributed by atoms with Gasteiger partial charge in [-0.05, 0) is 12.0 Å². The number of carbonyl (C=O) groups is 1. The zero-order chi connectivity index (χ0) is 13.6. The summed E-state index contributed by atoms with van der Waals surface area (Å²) in [6.07, 6.45) is 1.60. The molecule has 1 fully saturated rings. The molecule has 1 aromatic rings. The lowest BCUT2D eigenvalue weighted by atomic mass is 9.74. The molecule has 1 atom stereocenters. The van der Waals surface area contributed by atoms with E-state index in [1.165, 1.54) is 5.56 Å². The van der Waals surface area contributed by atoms with Gasteiger partial charge in [-0.2, -0.15) is 0 Å². The molecule has 0 spiro atoms. The van der Waals surface area contributed by atoms with Crippen molar-refractivity contribution in [2.45, 2.75) is 46.6 Å². The summed E-state index contributed by atoms with van der Waals surface area (Å²) >= 11 is 0. The van der Waals surface area contributed by atoms with Crippen LogP contribution in [-0.2, 0) is 11.2 Å². The molecule has 1 saturated heterocycles. The molecule has 1 unspecified atom stereocenters. The highest BCUT2D eigenvalue weighted by Crippen LogP contribution is 2.29. The second-order valence-electron chi connectivity index (χ2n) is 5.09. The molecule has 1 aromatic carbocycles. The maximum atomic E-state index is 11.9. The van der Waals surface area contributed by atoms with Crippen LogP contribution in [0.2, 0.25) is 0 Å². The van der Waals surface area contributed by atoms with E-state index < -0.39 is 0 Å². The lowest BCUT2D eigenvalue weighted by molar-refractivity contribution is -0.130. The van der Waals surface area contributed by atoms with Crippen LogP contribution in [0.25, 0.3) is 0 Å². The first kappa shape index (κ1) is 14.9. The van der Waals surface area contributed by atoms with Gasteiger partial charge in [-0.3, -0.25) is 4.79 Å². The maximum Gasteiger partial charge on any atom is 0.141 e. The third-order valence-electron chi connectivity index (χ3n) is 3.62. The minimum atomic E-state index is -0.242. The summed E-state index contributed by atoms with van der Waals surface area (Å²) < 4.78 is 0. The third kappa shape index (κ3) is 3.42. The van der Waals surface area contributed by atoms with Crippen molar-refractivity contribution in [3.8, 4) is 0 Å². The summed E-state index contributed by atoms with van der Waals surface area (Å²) in [5.74, 6) is 0.382. The Kier molecular flexibility index (Phi) is 5.54. The molecule has 18 heavy (non-hydrogen) atoms. The second-order valence-corrected chi connectivity index (χ2v) is 5.09. The lowest BCUT2D eigenvalue weighted by Crippen LogP contribution is -2.53. The first-order valence-electron chi connectivity index (χ1n) is 6.91. The summed E-state index contributed by atoms with van der Waals surface area (Å²) in [5, 5.41) is 3.47. The van der Waals surface area contributed by atoms with Gasteiger partial charge in [0.05, 0.1) is 0 Å². The van der Waals surface area contributed by atoms with E-state index in [2.05, 4.69) is 31.3 Å². The fourth-order valence-corrected chi connectivity index (χ4v) is 2.31. The first-order valence-corrected chi connectivity index (χ1v) is 6.91. The van der Waals surface area contributed by atoms with Crippen LogP contribution in [0.4, 0.5) is 0 Å². The number of nitrogens with one attached hydrogen (secondary N) is 1. The molecule has 0 aliphatic carbocycles. The standard InChI is InChI=1S/C14H19NO.C2H6/c1-14(2)12(15-9-8-13(14)16)10-11-6-4-3-5-7-11;1-2/h3-7,12,15H,8-10H2,1-2H3;1-2H3. The van der Waals surface area contributed by atoms with Crippen LogP contribution in [0, 0.1) is 5.41 Å². The molecule has 2 heteroatoms. The molecule has 0 amide bonds. The van der Waals surface area contributed by atoms with Gasteiger partial charge in [0.2, 0.25) is 0 Å². The first-order chi connectivity index (χ1) is 8.60. The van der Waals surface area contributed by atoms with Crippen LogP contribution in [0.3, 0.4) is 0 Å². The normalized spacial score (nSPS) is 22.0. The van der Waals surface area contributed by atoms with E-state index in [4.69, 9.17) is 0 Å². The molecule has 0 saturated carbocycles. The van der Waals surface area contributed by atoms with Crippen LogP contribution in [0.1, 0.15) is 39.7 Å². The number of Topliss-reactive ketones (excluding diaryl/α,β-unsaturated/α-hetero) is 1. The third-order valence-corrected chi connectivity index (χ3v) is 3.62. The Hall–Kier alpha value is -1.15. The van der Waals surface area contributed by atoms with E-state index in [-0.39, 0.29) is 11.5 Å². The molecule has 0 bridgehead atoms. The number of hydrogen-bond acceptors (Lipinski definition) is 2. The van der Waals surface area contributed by atoms with Crippen molar-refractivity contribution >= 4 is 5.78 Å². The van der Waals surface area contributed by atoms with E-state index in [0.29, 0.717) is 12.2 Å². The average molecular weight is 247 g/mol. The zero-order valence-electron chi connectivity index (χ0n) is 12.0. The molecule has 1 aliphatic heterocycles. The van der Waals surface area contributed by atoms with E-state index in [1.54, 1.807) is 0 Å². The molecule has 1 N–H and O–H groups in total. The fourth-order valence-electron chi connectivity index (χ4n) is 2.31. The van der Waals surface area contributed by atoms with E-state index in [9.17, 15) is 4.79 Å². The minimum absolute atomic E-state index is 0.242. The van der Waals surface area contributed by atoms with Crippen LogP contribution < -0.4 is 5.32 Å². The highest BCUT2D eigenvalue weighted by molar-refractivity contribution is 5.85. The van der Waals surface area contributed by atoms with Crippen LogP contribution in [-0.4, -0.2) is 18.4 Å². The highest BCUT2D eigenvalue weighted by atomic mass is 16.1. The van der Waals surface area contributed by atoms with Crippen molar-refractivity contribution in [1.29, 1.82) is 0 Å². The van der Waals surface area contributed by atoms with Gasteiger partial charge in [0.25, 0.3) is 0 Å². The van der Waals surface area contributed by atoms with Gasteiger partial charge in [0, 0.05) is 24.4 Å². The summed E-state index contributed by atoms with van der Waals surface area (Å²) in [6, 6.07) is 10.6. The lowest BCUT2D eigenvalue weighted by Gasteiger charge is -2.38. The highest BCUT2D eigenvalue weighted by Gasteiger charge is 2.38. The summed E-state index contributed by atoms with van der Waals surface area (Å²) in [5.41, 5.74) is 1.05. The predicted molar refractivity (Wildman–Crippen MR) is 76.7 cm³/mol. The summed E-state index contributed by atoms with van der Waals surface area (Å²) in [6.45, 7) is 8.92. The predicted octanol–water partition coefficient (Wildman–Crippen LogP) is 3.21. The Balaban J connectivity index is 0.000000771. The Morgan fingerprint density at radius 2 is 1.83 bits per heavy atom. The van der Waals surface area contributed by atoms with E-state index >= 15 is 0 Å². The molecule has 1 heterocycles. The van der Waals surface area contributed by atoms with Crippen molar-refractivity contribution < 1.29 is 4.79 Å². The average Bonchev–Trinajstić information content (AvgIpc) is 2.39. The molecule has 0 radical (unpaired) electrons. The van der Waals surface area contributed by atoms with Crippen LogP contribution in [0.5, 0.6) is 0 Å². The Morgan fingerprint density at radius 3 is 2.44 bits per heavy atom. The maximum absolute atomic E-state index is 11.9. The number of rotatable bonds is 2. The van der Waals surface area contributed by atoms with Gasteiger partial charge in [0.15, 0.2) is 0 Å². The second kappa shape index (κ2) is 6.69. The van der Waals surface area contributed by atoms with Crippen LogP contribution in [0.15, 0.2) is 30.3 Å². The van der Waals surface area contributed by atoms with Crippen molar-refractivity contribution in [3.05, 3.63) is 35.9 Å². The van der Waals surface area contributed by atoms with E-state index in [1.807, 2.05) is 32.0 Å². The summed E-state index contributed by atoms with van der Waals surface area (Å²) in [7, 11) is 0. The molecule has 100 valence electrons. The van der Waals surface area contributed by atoms with Crippen molar-refractivity contribution in [3.63, 3.8) is 0 Å². The number of piperidine rings is 1. The quantitative estimate of drug-likeness (QED) is 0.869. The fraction of sp³-hybridized carbons (Fsp3) is 0.562. The SMILES string of the molecule is CC.CC1(C)C(=O)CCNC1Cc1ccccc1. The van der Waals surface area contributed by atoms with Gasteiger partial charge in [-0.15, -0.1) is 0 Å². The van der Waals surface area contributed by atoms with E-state index in [0.717, 1.165) is 13.0 Å². The Bertz CT molecular complexity index is 370. The topological polar surface area (TPSA) is 29.1 Å². The molecular weight excluding hydrogens is 222 g/mol. The van der Waals surface area contributed by atoms with Crippen molar-refractivity contribution in [1.82, 2.24) is 5.32 Å². The smallest absolute Gasteiger partial charge is 0.141 e. The molecular formula is C16H25NO. The number of carbonyl (C=O) groups excluding carboxylic acids is 1. The zero-order valence-corrected chi connectivity index (χ0v) is 12.0. The van der Waals surface area contributed by atoms with Crippen molar-refractivity contribution in [2.24, 2.45) is 5.41 Å². The van der Waals surface area contributed by atoms with Crippen LogP contribution >= 0.6 is 0 Å². The van der Waals surface area contributed by atoms with Gasteiger partial charge in [-0.1, -0.05) is 58.0 Å². The summed E-state index contributed by atoms with van der Waals surface area (Å²) in [4.78, 5) is 11.9. The molecule has 2 rings (SSSR count). The van der Waals surface area contributed by atoms with Gasteiger partial charge in [0.1, 0.15) is 5.78 Å². The number of ketones is 1.